The molecule has 0 spiro atoms. The predicted molar refractivity (Wildman–Crippen MR) is 90.1 cm³/mol. The highest BCUT2D eigenvalue weighted by atomic mass is 16.6. The number of aliphatic carboxylic acids is 1. The molecule has 1 saturated heterocycles. The van der Waals surface area contributed by atoms with Gasteiger partial charge in [-0.25, -0.2) is 14.6 Å². The van der Waals surface area contributed by atoms with Crippen molar-refractivity contribution >= 4 is 17.9 Å². The van der Waals surface area contributed by atoms with E-state index in [2.05, 4.69) is 10.3 Å². The number of hydrogen-bond donors (Lipinski definition) is 2. The molecule has 1 fully saturated rings. The minimum atomic E-state index is -1.03. The lowest BCUT2D eigenvalue weighted by Gasteiger charge is -2.26. The lowest BCUT2D eigenvalue weighted by Crippen LogP contribution is -2.43. The van der Waals surface area contributed by atoms with E-state index in [4.69, 9.17) is 4.74 Å². The number of anilines is 1. The van der Waals surface area contributed by atoms with E-state index in [0.717, 1.165) is 11.1 Å². The Bertz CT molecular complexity index is 639. The number of nitrogens with one attached hydrogen (secondary N) is 1. The van der Waals surface area contributed by atoms with Crippen molar-refractivity contribution < 1.29 is 19.4 Å². The summed E-state index contributed by atoms with van der Waals surface area (Å²) in [5, 5.41) is 12.7. The van der Waals surface area contributed by atoms with Crippen molar-refractivity contribution in [2.24, 2.45) is 0 Å². The largest absolute Gasteiger partial charge is 0.480 e. The van der Waals surface area contributed by atoms with Gasteiger partial charge in [-0.2, -0.15) is 0 Å². The molecule has 0 aliphatic carbocycles. The van der Waals surface area contributed by atoms with Crippen LogP contribution in [0.25, 0.3) is 0 Å². The Labute approximate surface area is 142 Å². The first kappa shape index (κ1) is 18.0. The molecular weight excluding hydrogens is 310 g/mol. The zero-order valence-electron chi connectivity index (χ0n) is 14.8. The van der Waals surface area contributed by atoms with Crippen LogP contribution in [0.4, 0.5) is 10.6 Å². The van der Waals surface area contributed by atoms with Gasteiger partial charge in [0.2, 0.25) is 0 Å². The van der Waals surface area contributed by atoms with E-state index >= 15 is 0 Å². The van der Waals surface area contributed by atoms with Crippen LogP contribution >= 0.6 is 0 Å². The average Bonchev–Trinajstić information content (AvgIpc) is 2.84. The van der Waals surface area contributed by atoms with Crippen LogP contribution in [0.5, 0.6) is 0 Å². The van der Waals surface area contributed by atoms with E-state index in [-0.39, 0.29) is 12.6 Å². The van der Waals surface area contributed by atoms with Gasteiger partial charge in [0.15, 0.2) is 0 Å². The van der Waals surface area contributed by atoms with E-state index in [1.807, 2.05) is 19.9 Å². The third kappa shape index (κ3) is 4.37. The first-order valence-corrected chi connectivity index (χ1v) is 7.99. The molecule has 7 nitrogen and oxygen atoms in total. The summed E-state index contributed by atoms with van der Waals surface area (Å²) in [6.45, 7) is 9.44. The van der Waals surface area contributed by atoms with Crippen molar-refractivity contribution in [1.29, 1.82) is 0 Å². The summed E-state index contributed by atoms with van der Waals surface area (Å²) in [6, 6.07) is 0.917. The molecule has 0 unspecified atom stereocenters. The SMILES string of the molecule is Cc1cnc(N[C@H]2C[C@@H](C(=O)O)N(C(=O)OC(C)(C)C)C2)c(C)c1. The fraction of sp³-hybridized carbons (Fsp3) is 0.588. The Morgan fingerprint density at radius 3 is 2.58 bits per heavy atom. The highest BCUT2D eigenvalue weighted by Crippen LogP contribution is 2.24. The second kappa shape index (κ2) is 6.67. The number of ether oxygens (including phenoxy) is 1. The normalized spacial score (nSPS) is 20.8. The molecule has 2 heterocycles. The number of hydrogen-bond acceptors (Lipinski definition) is 5. The van der Waals surface area contributed by atoms with Crippen molar-refractivity contribution in [2.75, 3.05) is 11.9 Å². The van der Waals surface area contributed by atoms with Gasteiger partial charge in [-0.15, -0.1) is 0 Å². The van der Waals surface area contributed by atoms with Crippen molar-refractivity contribution in [1.82, 2.24) is 9.88 Å². The maximum atomic E-state index is 12.3. The molecule has 1 aromatic heterocycles. The lowest BCUT2D eigenvalue weighted by molar-refractivity contribution is -0.142. The van der Waals surface area contributed by atoms with Crippen molar-refractivity contribution in [2.45, 2.75) is 58.7 Å². The Hall–Kier alpha value is -2.31. The number of carbonyl (C=O) groups is 2. The molecule has 24 heavy (non-hydrogen) atoms. The van der Waals surface area contributed by atoms with Crippen LogP contribution in [-0.4, -0.2) is 51.3 Å². The van der Waals surface area contributed by atoms with Crippen LogP contribution in [-0.2, 0) is 9.53 Å². The van der Waals surface area contributed by atoms with Gasteiger partial charge in [-0.1, -0.05) is 6.07 Å². The number of carboxylic acid groups (broad SMARTS) is 1. The molecule has 0 bridgehead atoms. The maximum absolute atomic E-state index is 12.3. The number of aromatic nitrogens is 1. The van der Waals surface area contributed by atoms with Crippen molar-refractivity contribution in [3.8, 4) is 0 Å². The average molecular weight is 335 g/mol. The molecule has 2 atom stereocenters. The number of pyridine rings is 1. The second-order valence-corrected chi connectivity index (χ2v) is 7.24. The number of nitrogens with zero attached hydrogens (tertiary/aromatic N) is 2. The maximum Gasteiger partial charge on any atom is 0.411 e. The number of amides is 1. The lowest BCUT2D eigenvalue weighted by atomic mass is 10.1. The minimum Gasteiger partial charge on any atom is -0.480 e. The molecule has 0 aromatic carbocycles. The topological polar surface area (TPSA) is 91.8 Å². The Balaban J connectivity index is 2.11. The third-order valence-corrected chi connectivity index (χ3v) is 3.77. The zero-order valence-corrected chi connectivity index (χ0v) is 14.8. The van der Waals surface area contributed by atoms with E-state index in [1.165, 1.54) is 4.90 Å². The predicted octanol–water partition coefficient (Wildman–Crippen LogP) is 2.57. The molecule has 2 rings (SSSR count). The van der Waals surface area contributed by atoms with Crippen LogP contribution in [0, 0.1) is 13.8 Å². The summed E-state index contributed by atoms with van der Waals surface area (Å²) < 4.78 is 5.32. The van der Waals surface area contributed by atoms with Gasteiger partial charge in [0.25, 0.3) is 0 Å². The summed E-state index contributed by atoms with van der Waals surface area (Å²) in [4.78, 5) is 29.4. The van der Waals surface area contributed by atoms with Crippen molar-refractivity contribution in [3.05, 3.63) is 23.4 Å². The zero-order chi connectivity index (χ0) is 18.1. The molecule has 1 amide bonds. The Kier molecular flexibility index (Phi) is 5.01. The second-order valence-electron chi connectivity index (χ2n) is 7.24. The summed E-state index contributed by atoms with van der Waals surface area (Å²) in [6.07, 6.45) is 1.46. The third-order valence-electron chi connectivity index (χ3n) is 3.77. The van der Waals surface area contributed by atoms with Crippen molar-refractivity contribution in [3.63, 3.8) is 0 Å². The highest BCUT2D eigenvalue weighted by molar-refractivity contribution is 5.81. The fourth-order valence-corrected chi connectivity index (χ4v) is 2.76. The van der Waals surface area contributed by atoms with Crippen LogP contribution in [0.2, 0.25) is 0 Å². The molecule has 0 radical (unpaired) electrons. The first-order chi connectivity index (χ1) is 11.1. The number of likely N-dealkylation sites (tertiary alicyclic amines) is 1. The quantitative estimate of drug-likeness (QED) is 0.882. The number of carbonyl (C=O) groups excluding carboxylic acids is 1. The van der Waals surface area contributed by atoms with E-state index in [0.29, 0.717) is 12.2 Å². The summed E-state index contributed by atoms with van der Waals surface area (Å²) in [7, 11) is 0. The standard InChI is InChI=1S/C17H25N3O4/c1-10-6-11(2)14(18-8-10)19-12-7-13(15(21)22)20(9-12)16(23)24-17(3,4)5/h6,8,12-13H,7,9H2,1-5H3,(H,18,19)(H,21,22)/t12-,13-/m0/s1. The van der Waals surface area contributed by atoms with Gasteiger partial charge in [0, 0.05) is 25.2 Å². The summed E-state index contributed by atoms with van der Waals surface area (Å²) in [5.74, 6) is -0.320. The molecule has 7 heteroatoms. The van der Waals surface area contributed by atoms with Crippen LogP contribution in [0.1, 0.15) is 38.3 Å². The highest BCUT2D eigenvalue weighted by Gasteiger charge is 2.41. The van der Waals surface area contributed by atoms with Gasteiger partial charge < -0.3 is 15.2 Å². The van der Waals surface area contributed by atoms with Gasteiger partial charge in [0.05, 0.1) is 0 Å². The Morgan fingerprint density at radius 2 is 2.04 bits per heavy atom. The van der Waals surface area contributed by atoms with E-state index in [1.54, 1.807) is 27.0 Å². The monoisotopic (exact) mass is 335 g/mol. The minimum absolute atomic E-state index is 0.187. The Morgan fingerprint density at radius 1 is 1.38 bits per heavy atom. The van der Waals surface area contributed by atoms with Gasteiger partial charge >= 0.3 is 12.1 Å². The molecule has 2 N–H and O–H groups in total. The molecule has 1 aromatic rings. The molecule has 1 aliphatic heterocycles. The number of aryl methyl sites for hydroxylation is 2. The summed E-state index contributed by atoms with van der Waals surface area (Å²) >= 11 is 0. The van der Waals surface area contributed by atoms with Gasteiger partial charge in [-0.05, 0) is 45.7 Å². The molecular formula is C17H25N3O4. The van der Waals surface area contributed by atoms with Crippen LogP contribution < -0.4 is 5.32 Å². The smallest absolute Gasteiger partial charge is 0.411 e. The number of carboxylic acids is 1. The first-order valence-electron chi connectivity index (χ1n) is 7.99. The fourth-order valence-electron chi connectivity index (χ4n) is 2.76. The molecule has 0 saturated carbocycles. The van der Waals surface area contributed by atoms with E-state index in [9.17, 15) is 14.7 Å². The molecule has 1 aliphatic rings. The van der Waals surface area contributed by atoms with Crippen LogP contribution in [0.15, 0.2) is 12.3 Å². The summed E-state index contributed by atoms with van der Waals surface area (Å²) in [5.41, 5.74) is 1.38. The van der Waals surface area contributed by atoms with Crippen LogP contribution in [0.3, 0.4) is 0 Å². The molecule has 132 valence electrons. The number of rotatable bonds is 3. The van der Waals surface area contributed by atoms with Gasteiger partial charge in [0.1, 0.15) is 17.5 Å². The van der Waals surface area contributed by atoms with E-state index < -0.39 is 23.7 Å². The van der Waals surface area contributed by atoms with Gasteiger partial charge in [-0.3, -0.25) is 4.90 Å².